The Labute approximate surface area is 87.6 Å². The van der Waals surface area contributed by atoms with Crippen molar-refractivity contribution in [3.05, 3.63) is 0 Å². The Morgan fingerprint density at radius 2 is 1.57 bits per heavy atom. The van der Waals surface area contributed by atoms with Gasteiger partial charge in [0, 0.05) is 12.1 Å². The van der Waals surface area contributed by atoms with Crippen molar-refractivity contribution in [2.24, 2.45) is 17.6 Å². The normalized spacial score (nSPS) is 36.4. The Kier molecular flexibility index (Phi) is 3.45. The fourth-order valence-electron chi connectivity index (χ4n) is 3.16. The Morgan fingerprint density at radius 1 is 1.00 bits per heavy atom. The van der Waals surface area contributed by atoms with Gasteiger partial charge in [-0.25, -0.2) is 0 Å². The molecule has 82 valence electrons. The lowest BCUT2D eigenvalue weighted by Gasteiger charge is -2.41. The van der Waals surface area contributed by atoms with E-state index < -0.39 is 0 Å². The van der Waals surface area contributed by atoms with Gasteiger partial charge in [-0.15, -0.1) is 0 Å². The first-order valence-corrected chi connectivity index (χ1v) is 6.24. The summed E-state index contributed by atoms with van der Waals surface area (Å²) in [6.45, 7) is 0. The van der Waals surface area contributed by atoms with Crippen LogP contribution in [0.15, 0.2) is 0 Å². The predicted octanol–water partition coefficient (Wildman–Crippen LogP) is 1.89. The molecule has 0 saturated heterocycles. The molecule has 2 saturated carbocycles. The van der Waals surface area contributed by atoms with E-state index in [0.717, 1.165) is 17.9 Å². The quantitative estimate of drug-likeness (QED) is 0.723. The molecule has 0 aromatic heterocycles. The minimum atomic E-state index is 0.491. The second-order valence-corrected chi connectivity index (χ2v) is 5.18. The fourth-order valence-corrected chi connectivity index (χ4v) is 3.16. The molecule has 1 unspecified atom stereocenters. The monoisotopic (exact) mass is 196 g/mol. The van der Waals surface area contributed by atoms with E-state index in [9.17, 15) is 0 Å². The molecule has 0 bridgehead atoms. The smallest absolute Gasteiger partial charge is 0.0121 e. The van der Waals surface area contributed by atoms with Crippen molar-refractivity contribution < 1.29 is 0 Å². The third-order valence-electron chi connectivity index (χ3n) is 4.32. The van der Waals surface area contributed by atoms with Crippen LogP contribution in [0, 0.1) is 11.8 Å². The summed E-state index contributed by atoms with van der Waals surface area (Å²) in [4.78, 5) is 0. The SMILES string of the molecule is CNC(C1CCC1)C1CCC(N)CC1. The summed E-state index contributed by atoms with van der Waals surface area (Å²) in [5.41, 5.74) is 5.94. The van der Waals surface area contributed by atoms with Gasteiger partial charge in [0.1, 0.15) is 0 Å². The summed E-state index contributed by atoms with van der Waals surface area (Å²) >= 11 is 0. The molecule has 2 rings (SSSR count). The Bertz CT molecular complexity index is 169. The third kappa shape index (κ3) is 2.12. The first kappa shape index (κ1) is 10.4. The van der Waals surface area contributed by atoms with Gasteiger partial charge in [-0.2, -0.15) is 0 Å². The molecule has 2 aliphatic carbocycles. The number of hydrogen-bond acceptors (Lipinski definition) is 2. The molecule has 2 aliphatic rings. The van der Waals surface area contributed by atoms with Gasteiger partial charge in [0.15, 0.2) is 0 Å². The zero-order valence-electron chi connectivity index (χ0n) is 9.34. The highest BCUT2D eigenvalue weighted by Gasteiger charge is 2.33. The molecule has 0 spiro atoms. The van der Waals surface area contributed by atoms with Crippen molar-refractivity contribution in [1.29, 1.82) is 0 Å². The number of nitrogens with two attached hydrogens (primary N) is 1. The molecule has 3 N–H and O–H groups in total. The maximum Gasteiger partial charge on any atom is 0.0121 e. The predicted molar refractivity (Wildman–Crippen MR) is 60.1 cm³/mol. The van der Waals surface area contributed by atoms with Gasteiger partial charge in [-0.1, -0.05) is 6.42 Å². The molecule has 14 heavy (non-hydrogen) atoms. The maximum absolute atomic E-state index is 5.94. The zero-order chi connectivity index (χ0) is 9.97. The lowest BCUT2D eigenvalue weighted by atomic mass is 9.70. The van der Waals surface area contributed by atoms with E-state index >= 15 is 0 Å². The lowest BCUT2D eigenvalue weighted by molar-refractivity contribution is 0.148. The summed E-state index contributed by atoms with van der Waals surface area (Å²) in [7, 11) is 2.14. The Hall–Kier alpha value is -0.0800. The van der Waals surface area contributed by atoms with Crippen molar-refractivity contribution in [3.8, 4) is 0 Å². The zero-order valence-corrected chi connectivity index (χ0v) is 9.34. The van der Waals surface area contributed by atoms with E-state index in [1.165, 1.54) is 44.9 Å². The lowest BCUT2D eigenvalue weighted by Crippen LogP contribution is -2.45. The maximum atomic E-state index is 5.94. The van der Waals surface area contributed by atoms with Crippen LogP contribution in [0.3, 0.4) is 0 Å². The molecule has 0 radical (unpaired) electrons. The highest BCUT2D eigenvalue weighted by Crippen LogP contribution is 2.37. The summed E-state index contributed by atoms with van der Waals surface area (Å²) in [6.07, 6.45) is 9.55. The van der Waals surface area contributed by atoms with E-state index in [0.29, 0.717) is 6.04 Å². The molecule has 1 atom stereocenters. The van der Waals surface area contributed by atoms with Gasteiger partial charge in [0.05, 0.1) is 0 Å². The number of rotatable bonds is 3. The van der Waals surface area contributed by atoms with E-state index in [4.69, 9.17) is 5.73 Å². The largest absolute Gasteiger partial charge is 0.328 e. The average Bonchev–Trinajstić information content (AvgIpc) is 2.13. The Morgan fingerprint density at radius 3 is 2.00 bits per heavy atom. The summed E-state index contributed by atoms with van der Waals surface area (Å²) in [5.74, 6) is 1.88. The molecule has 2 fully saturated rings. The van der Waals surface area contributed by atoms with E-state index in [1.54, 1.807) is 0 Å². The summed E-state index contributed by atoms with van der Waals surface area (Å²) < 4.78 is 0. The molecule has 0 aromatic carbocycles. The van der Waals surface area contributed by atoms with Gasteiger partial charge in [-0.05, 0) is 57.4 Å². The van der Waals surface area contributed by atoms with Crippen molar-refractivity contribution in [2.75, 3.05) is 7.05 Å². The molecular formula is C12H24N2. The second-order valence-electron chi connectivity index (χ2n) is 5.18. The fraction of sp³-hybridized carbons (Fsp3) is 1.00. The van der Waals surface area contributed by atoms with Crippen LogP contribution in [0.5, 0.6) is 0 Å². The average molecular weight is 196 g/mol. The van der Waals surface area contributed by atoms with Gasteiger partial charge in [0.2, 0.25) is 0 Å². The molecular weight excluding hydrogens is 172 g/mol. The topological polar surface area (TPSA) is 38.0 Å². The summed E-state index contributed by atoms with van der Waals surface area (Å²) in [6, 6.07) is 1.28. The van der Waals surface area contributed by atoms with Crippen LogP contribution in [0.25, 0.3) is 0 Å². The number of nitrogens with one attached hydrogen (secondary N) is 1. The van der Waals surface area contributed by atoms with E-state index in [-0.39, 0.29) is 0 Å². The Balaban J connectivity index is 1.84. The highest BCUT2D eigenvalue weighted by molar-refractivity contribution is 4.89. The standard InChI is InChI=1S/C12H24N2/c1-14-12(9-3-2-4-9)10-5-7-11(13)8-6-10/h9-12,14H,2-8,13H2,1H3. The van der Waals surface area contributed by atoms with Crippen LogP contribution in [-0.4, -0.2) is 19.1 Å². The molecule has 2 nitrogen and oxygen atoms in total. The van der Waals surface area contributed by atoms with Crippen molar-refractivity contribution in [1.82, 2.24) is 5.32 Å². The van der Waals surface area contributed by atoms with Gasteiger partial charge >= 0.3 is 0 Å². The molecule has 0 aliphatic heterocycles. The van der Waals surface area contributed by atoms with Crippen molar-refractivity contribution in [3.63, 3.8) is 0 Å². The molecule has 2 heteroatoms. The summed E-state index contributed by atoms with van der Waals surface area (Å²) in [5, 5.41) is 3.55. The molecule has 0 amide bonds. The second kappa shape index (κ2) is 4.63. The van der Waals surface area contributed by atoms with Crippen LogP contribution in [0.4, 0.5) is 0 Å². The van der Waals surface area contributed by atoms with Crippen LogP contribution in [0.2, 0.25) is 0 Å². The number of hydrogen-bond donors (Lipinski definition) is 2. The van der Waals surface area contributed by atoms with Crippen LogP contribution in [0.1, 0.15) is 44.9 Å². The van der Waals surface area contributed by atoms with E-state index in [1.807, 2.05) is 0 Å². The molecule has 0 aromatic rings. The first-order chi connectivity index (χ1) is 6.81. The first-order valence-electron chi connectivity index (χ1n) is 6.24. The van der Waals surface area contributed by atoms with Gasteiger partial charge in [-0.3, -0.25) is 0 Å². The van der Waals surface area contributed by atoms with Gasteiger partial charge < -0.3 is 11.1 Å². The van der Waals surface area contributed by atoms with Crippen LogP contribution in [-0.2, 0) is 0 Å². The van der Waals surface area contributed by atoms with Crippen molar-refractivity contribution >= 4 is 0 Å². The molecule has 0 heterocycles. The van der Waals surface area contributed by atoms with Crippen LogP contribution >= 0.6 is 0 Å². The minimum absolute atomic E-state index is 0.491. The van der Waals surface area contributed by atoms with Gasteiger partial charge in [0.25, 0.3) is 0 Å². The van der Waals surface area contributed by atoms with Crippen LogP contribution < -0.4 is 11.1 Å². The minimum Gasteiger partial charge on any atom is -0.328 e. The third-order valence-corrected chi connectivity index (χ3v) is 4.32. The van der Waals surface area contributed by atoms with E-state index in [2.05, 4.69) is 12.4 Å². The van der Waals surface area contributed by atoms with Crippen molar-refractivity contribution in [2.45, 2.75) is 57.0 Å². The highest BCUT2D eigenvalue weighted by atomic mass is 14.9.